The first-order chi connectivity index (χ1) is 9.66. The van der Waals surface area contributed by atoms with Crippen LogP contribution in [-0.2, 0) is 0 Å². The molecule has 0 aliphatic rings. The van der Waals surface area contributed by atoms with Gasteiger partial charge in [0.15, 0.2) is 0 Å². The number of fused-ring (bicyclic) bond motifs is 1. The summed E-state index contributed by atoms with van der Waals surface area (Å²) in [5, 5.41) is 1.93. The Bertz CT molecular complexity index is 753. The van der Waals surface area contributed by atoms with Crippen molar-refractivity contribution in [2.24, 2.45) is 0 Å². The molecule has 0 aliphatic carbocycles. The second kappa shape index (κ2) is 5.55. The lowest BCUT2D eigenvalue weighted by atomic mass is 9.98. The van der Waals surface area contributed by atoms with Gasteiger partial charge >= 0.3 is 0 Å². The standard InChI is InChI=1S/C17H11BrClF/c18-16-10-9-15(13-3-1-2-4-14(13)16)17(19)11-5-7-12(20)8-6-11/h1-10,17H. The zero-order chi connectivity index (χ0) is 14.1. The quantitative estimate of drug-likeness (QED) is 0.493. The summed E-state index contributed by atoms with van der Waals surface area (Å²) in [6.07, 6.45) is 0. The molecule has 0 saturated carbocycles. The molecule has 1 unspecified atom stereocenters. The number of hydrogen-bond acceptors (Lipinski definition) is 0. The Morgan fingerprint density at radius 3 is 2.20 bits per heavy atom. The Balaban J connectivity index is 2.14. The third kappa shape index (κ3) is 2.46. The predicted octanol–water partition coefficient (Wildman–Crippen LogP) is 6.07. The first kappa shape index (κ1) is 13.6. The van der Waals surface area contributed by atoms with Gasteiger partial charge in [-0.2, -0.15) is 0 Å². The van der Waals surface area contributed by atoms with E-state index in [1.807, 2.05) is 30.3 Å². The van der Waals surface area contributed by atoms with Crippen molar-refractivity contribution in [2.75, 3.05) is 0 Å². The summed E-state index contributed by atoms with van der Waals surface area (Å²) in [6.45, 7) is 0. The number of halogens is 3. The van der Waals surface area contributed by atoms with Crippen LogP contribution >= 0.6 is 27.5 Å². The van der Waals surface area contributed by atoms with Crippen molar-refractivity contribution in [2.45, 2.75) is 5.38 Å². The molecule has 3 aromatic carbocycles. The third-order valence-electron chi connectivity index (χ3n) is 3.34. The average Bonchev–Trinajstić information content (AvgIpc) is 2.48. The fraction of sp³-hybridized carbons (Fsp3) is 0.0588. The number of hydrogen-bond donors (Lipinski definition) is 0. The van der Waals surface area contributed by atoms with Crippen molar-refractivity contribution in [3.05, 3.63) is 82.1 Å². The van der Waals surface area contributed by atoms with Crippen LogP contribution in [0.5, 0.6) is 0 Å². The van der Waals surface area contributed by atoms with Gasteiger partial charge in [0.05, 0.1) is 5.38 Å². The molecule has 20 heavy (non-hydrogen) atoms. The van der Waals surface area contributed by atoms with E-state index < -0.39 is 0 Å². The summed E-state index contributed by atoms with van der Waals surface area (Å²) in [4.78, 5) is 0. The number of alkyl halides is 1. The fourth-order valence-corrected chi connectivity index (χ4v) is 3.13. The van der Waals surface area contributed by atoms with Crippen molar-refractivity contribution >= 4 is 38.3 Å². The highest BCUT2D eigenvalue weighted by molar-refractivity contribution is 9.10. The minimum Gasteiger partial charge on any atom is -0.207 e. The maximum Gasteiger partial charge on any atom is 0.123 e. The van der Waals surface area contributed by atoms with Crippen LogP contribution in [0.15, 0.2) is 65.1 Å². The monoisotopic (exact) mass is 348 g/mol. The lowest BCUT2D eigenvalue weighted by molar-refractivity contribution is 0.627. The Morgan fingerprint density at radius 1 is 0.850 bits per heavy atom. The van der Waals surface area contributed by atoms with E-state index in [-0.39, 0.29) is 11.2 Å². The van der Waals surface area contributed by atoms with Gasteiger partial charge in [-0.25, -0.2) is 4.39 Å². The van der Waals surface area contributed by atoms with E-state index in [0.29, 0.717) is 0 Å². The lowest BCUT2D eigenvalue weighted by Crippen LogP contribution is -1.95. The van der Waals surface area contributed by atoms with E-state index in [1.54, 1.807) is 12.1 Å². The van der Waals surface area contributed by atoms with Gasteiger partial charge in [-0.3, -0.25) is 0 Å². The molecule has 0 heterocycles. The molecule has 0 saturated heterocycles. The van der Waals surface area contributed by atoms with Crippen LogP contribution in [0.3, 0.4) is 0 Å². The molecule has 0 aromatic heterocycles. The Hall–Kier alpha value is -1.38. The molecule has 0 N–H and O–H groups in total. The van der Waals surface area contributed by atoms with Gasteiger partial charge in [-0.1, -0.05) is 58.4 Å². The van der Waals surface area contributed by atoms with Crippen molar-refractivity contribution in [3.63, 3.8) is 0 Å². The van der Waals surface area contributed by atoms with E-state index in [9.17, 15) is 4.39 Å². The molecule has 0 spiro atoms. The molecular formula is C17H11BrClF. The summed E-state index contributed by atoms with van der Waals surface area (Å²) >= 11 is 10.1. The Kier molecular flexibility index (Phi) is 3.77. The van der Waals surface area contributed by atoms with Crippen LogP contribution < -0.4 is 0 Å². The van der Waals surface area contributed by atoms with Crippen LogP contribution in [0.4, 0.5) is 4.39 Å². The van der Waals surface area contributed by atoms with Crippen LogP contribution in [0.1, 0.15) is 16.5 Å². The number of benzene rings is 3. The normalized spacial score (nSPS) is 12.6. The van der Waals surface area contributed by atoms with Gasteiger partial charge < -0.3 is 0 Å². The van der Waals surface area contributed by atoms with Gasteiger partial charge in [-0.15, -0.1) is 11.6 Å². The van der Waals surface area contributed by atoms with Crippen LogP contribution in [0.25, 0.3) is 10.8 Å². The predicted molar refractivity (Wildman–Crippen MR) is 85.7 cm³/mol. The zero-order valence-electron chi connectivity index (χ0n) is 10.5. The molecular weight excluding hydrogens is 339 g/mol. The highest BCUT2D eigenvalue weighted by atomic mass is 79.9. The average molecular weight is 350 g/mol. The summed E-state index contributed by atoms with van der Waals surface area (Å²) in [6, 6.07) is 18.4. The van der Waals surface area contributed by atoms with E-state index in [2.05, 4.69) is 22.0 Å². The van der Waals surface area contributed by atoms with E-state index >= 15 is 0 Å². The smallest absolute Gasteiger partial charge is 0.123 e. The first-order valence-electron chi connectivity index (χ1n) is 6.23. The SMILES string of the molecule is Fc1ccc(C(Cl)c2ccc(Br)c3ccccc23)cc1. The van der Waals surface area contributed by atoms with Crippen LogP contribution in [0, 0.1) is 5.82 Å². The summed E-state index contributed by atoms with van der Waals surface area (Å²) in [7, 11) is 0. The van der Waals surface area contributed by atoms with Crippen molar-refractivity contribution < 1.29 is 4.39 Å². The summed E-state index contributed by atoms with van der Waals surface area (Å²) in [5.41, 5.74) is 1.91. The molecule has 100 valence electrons. The van der Waals surface area contributed by atoms with Gasteiger partial charge in [0, 0.05) is 4.47 Å². The topological polar surface area (TPSA) is 0 Å². The van der Waals surface area contributed by atoms with Crippen LogP contribution in [-0.4, -0.2) is 0 Å². The second-order valence-electron chi connectivity index (χ2n) is 4.60. The van der Waals surface area contributed by atoms with Crippen molar-refractivity contribution in [1.82, 2.24) is 0 Å². The van der Waals surface area contributed by atoms with Crippen LogP contribution in [0.2, 0.25) is 0 Å². The molecule has 0 aliphatic heterocycles. The molecule has 3 rings (SSSR count). The Labute approximate surface area is 130 Å². The maximum atomic E-state index is 13.0. The Morgan fingerprint density at radius 2 is 1.50 bits per heavy atom. The summed E-state index contributed by atoms with van der Waals surface area (Å²) in [5.74, 6) is -0.252. The zero-order valence-corrected chi connectivity index (χ0v) is 12.8. The number of rotatable bonds is 2. The minimum atomic E-state index is -0.298. The van der Waals surface area contributed by atoms with Gasteiger partial charge in [-0.05, 0) is 40.1 Å². The van der Waals surface area contributed by atoms with Gasteiger partial charge in [0.2, 0.25) is 0 Å². The molecule has 0 nitrogen and oxygen atoms in total. The molecule has 3 heteroatoms. The highest BCUT2D eigenvalue weighted by Gasteiger charge is 2.14. The minimum absolute atomic E-state index is 0.252. The van der Waals surface area contributed by atoms with Gasteiger partial charge in [0.1, 0.15) is 5.82 Å². The van der Waals surface area contributed by atoms with E-state index in [4.69, 9.17) is 11.6 Å². The second-order valence-corrected chi connectivity index (χ2v) is 5.89. The largest absolute Gasteiger partial charge is 0.207 e. The third-order valence-corrected chi connectivity index (χ3v) is 4.52. The van der Waals surface area contributed by atoms with Crippen molar-refractivity contribution in [1.29, 1.82) is 0 Å². The van der Waals surface area contributed by atoms with Gasteiger partial charge in [0.25, 0.3) is 0 Å². The maximum absolute atomic E-state index is 13.0. The fourth-order valence-electron chi connectivity index (χ4n) is 2.32. The summed E-state index contributed by atoms with van der Waals surface area (Å²) < 4.78 is 14.1. The molecule has 3 aromatic rings. The first-order valence-corrected chi connectivity index (χ1v) is 7.46. The van der Waals surface area contributed by atoms with E-state index in [0.717, 1.165) is 26.4 Å². The molecule has 0 radical (unpaired) electrons. The molecule has 1 atom stereocenters. The highest BCUT2D eigenvalue weighted by Crippen LogP contribution is 2.36. The lowest BCUT2D eigenvalue weighted by Gasteiger charge is -2.14. The molecule has 0 fully saturated rings. The molecule has 0 amide bonds. The molecule has 0 bridgehead atoms. The van der Waals surface area contributed by atoms with E-state index in [1.165, 1.54) is 12.1 Å². The van der Waals surface area contributed by atoms with Crippen molar-refractivity contribution in [3.8, 4) is 0 Å².